The van der Waals surface area contributed by atoms with Gasteiger partial charge in [-0.1, -0.05) is 43.6 Å². The zero-order valence-corrected chi connectivity index (χ0v) is 14.1. The molecule has 0 saturated carbocycles. The van der Waals surface area contributed by atoms with E-state index in [0.29, 0.717) is 5.56 Å². The summed E-state index contributed by atoms with van der Waals surface area (Å²) in [7, 11) is -3.97. The van der Waals surface area contributed by atoms with Gasteiger partial charge in [0.2, 0.25) is 0 Å². The van der Waals surface area contributed by atoms with E-state index in [1.54, 1.807) is 18.2 Å². The predicted octanol–water partition coefficient (Wildman–Crippen LogP) is 3.96. The van der Waals surface area contributed by atoms with Crippen molar-refractivity contribution in [3.8, 4) is 0 Å². The minimum atomic E-state index is -3.97. The summed E-state index contributed by atoms with van der Waals surface area (Å²) in [5, 5.41) is 9.36. The maximum absolute atomic E-state index is 12.7. The first-order valence-corrected chi connectivity index (χ1v) is 8.73. The number of anilines is 1. The molecule has 0 unspecified atom stereocenters. The smallest absolute Gasteiger partial charge is 0.335 e. The van der Waals surface area contributed by atoms with Crippen molar-refractivity contribution < 1.29 is 18.3 Å². The van der Waals surface area contributed by atoms with Crippen LogP contribution in [0.2, 0.25) is 5.02 Å². The lowest BCUT2D eigenvalue weighted by Gasteiger charge is -2.16. The van der Waals surface area contributed by atoms with Gasteiger partial charge in [0.25, 0.3) is 10.0 Å². The Kier molecular flexibility index (Phi) is 4.97. The highest BCUT2D eigenvalue weighted by Gasteiger charge is 2.23. The SMILES string of the molecule is CC(C)c1ccc(C(=O)O)cc1S(=O)(=O)Nc1ccccc1Cl. The monoisotopic (exact) mass is 353 g/mol. The normalized spacial score (nSPS) is 11.5. The van der Waals surface area contributed by atoms with Crippen LogP contribution in [0.25, 0.3) is 0 Å². The number of halogens is 1. The standard InChI is InChI=1S/C16H16ClNO4S/c1-10(2)12-8-7-11(16(19)20)9-15(12)23(21,22)18-14-6-4-3-5-13(14)17/h3-10,18H,1-2H3,(H,19,20). The van der Waals surface area contributed by atoms with E-state index in [-0.39, 0.29) is 27.1 Å². The lowest BCUT2D eigenvalue weighted by molar-refractivity contribution is 0.0696. The first-order valence-electron chi connectivity index (χ1n) is 6.87. The van der Waals surface area contributed by atoms with Crippen molar-refractivity contribution in [3.05, 3.63) is 58.6 Å². The lowest BCUT2D eigenvalue weighted by Crippen LogP contribution is -2.16. The molecule has 23 heavy (non-hydrogen) atoms. The van der Waals surface area contributed by atoms with Gasteiger partial charge < -0.3 is 5.11 Å². The fourth-order valence-corrected chi connectivity index (χ4v) is 3.83. The molecule has 0 bridgehead atoms. The molecule has 2 N–H and O–H groups in total. The van der Waals surface area contributed by atoms with Gasteiger partial charge in [-0.25, -0.2) is 13.2 Å². The molecule has 0 saturated heterocycles. The molecule has 0 radical (unpaired) electrons. The zero-order valence-electron chi connectivity index (χ0n) is 12.6. The first kappa shape index (κ1) is 17.3. The molecule has 2 aromatic rings. The van der Waals surface area contributed by atoms with E-state index in [9.17, 15) is 13.2 Å². The van der Waals surface area contributed by atoms with Crippen LogP contribution in [-0.2, 0) is 10.0 Å². The molecule has 0 aromatic heterocycles. The second kappa shape index (κ2) is 6.60. The van der Waals surface area contributed by atoms with E-state index in [0.717, 1.165) is 6.07 Å². The van der Waals surface area contributed by atoms with Crippen LogP contribution in [0.5, 0.6) is 0 Å². The Labute approximate surface area is 140 Å². The summed E-state index contributed by atoms with van der Waals surface area (Å²) in [6.07, 6.45) is 0. The summed E-state index contributed by atoms with van der Waals surface area (Å²) >= 11 is 5.98. The number of carboxylic acids is 1. The summed E-state index contributed by atoms with van der Waals surface area (Å²) in [5.41, 5.74) is 0.688. The quantitative estimate of drug-likeness (QED) is 0.852. The summed E-state index contributed by atoms with van der Waals surface area (Å²) in [6, 6.07) is 10.5. The maximum atomic E-state index is 12.7. The number of hydrogen-bond donors (Lipinski definition) is 2. The average molecular weight is 354 g/mol. The Morgan fingerprint density at radius 1 is 1.17 bits per heavy atom. The molecule has 0 amide bonds. The van der Waals surface area contributed by atoms with E-state index in [2.05, 4.69) is 4.72 Å². The lowest BCUT2D eigenvalue weighted by atomic mass is 10.0. The minimum absolute atomic E-state index is 0.0627. The molecule has 0 spiro atoms. The van der Waals surface area contributed by atoms with Crippen molar-refractivity contribution in [1.82, 2.24) is 0 Å². The summed E-state index contributed by atoms with van der Waals surface area (Å²) in [4.78, 5) is 11.1. The van der Waals surface area contributed by atoms with Crippen LogP contribution in [0, 0.1) is 0 Å². The summed E-state index contributed by atoms with van der Waals surface area (Å²) in [6.45, 7) is 3.68. The van der Waals surface area contributed by atoms with E-state index < -0.39 is 16.0 Å². The summed E-state index contributed by atoms with van der Waals surface area (Å²) < 4.78 is 27.8. The van der Waals surface area contributed by atoms with E-state index in [1.165, 1.54) is 18.2 Å². The second-order valence-electron chi connectivity index (χ2n) is 5.30. The molecule has 2 rings (SSSR count). The fourth-order valence-electron chi connectivity index (χ4n) is 2.12. The molecule has 0 aliphatic heterocycles. The third kappa shape index (κ3) is 3.83. The molecule has 0 atom stereocenters. The largest absolute Gasteiger partial charge is 0.478 e. The van der Waals surface area contributed by atoms with Crippen LogP contribution in [0.1, 0.15) is 35.7 Å². The maximum Gasteiger partial charge on any atom is 0.335 e. The molecular formula is C16H16ClNO4S. The fraction of sp³-hybridized carbons (Fsp3) is 0.188. The summed E-state index contributed by atoms with van der Waals surface area (Å²) in [5.74, 6) is -1.27. The van der Waals surface area contributed by atoms with Crippen molar-refractivity contribution in [1.29, 1.82) is 0 Å². The van der Waals surface area contributed by atoms with Crippen molar-refractivity contribution in [2.75, 3.05) is 4.72 Å². The molecule has 0 fully saturated rings. The molecule has 0 aliphatic carbocycles. The number of benzene rings is 2. The highest BCUT2D eigenvalue weighted by Crippen LogP contribution is 2.29. The van der Waals surface area contributed by atoms with Crippen molar-refractivity contribution in [3.63, 3.8) is 0 Å². The second-order valence-corrected chi connectivity index (χ2v) is 7.36. The van der Waals surface area contributed by atoms with E-state index >= 15 is 0 Å². The number of carboxylic acid groups (broad SMARTS) is 1. The van der Waals surface area contributed by atoms with Gasteiger partial charge in [-0.15, -0.1) is 0 Å². The molecule has 2 aromatic carbocycles. The van der Waals surface area contributed by atoms with Gasteiger partial charge in [-0.2, -0.15) is 0 Å². The number of sulfonamides is 1. The third-order valence-electron chi connectivity index (χ3n) is 3.29. The van der Waals surface area contributed by atoms with Crippen LogP contribution in [0.3, 0.4) is 0 Å². The number of rotatable bonds is 5. The highest BCUT2D eigenvalue weighted by molar-refractivity contribution is 7.92. The Bertz CT molecular complexity index is 847. The number of aromatic carboxylic acids is 1. The predicted molar refractivity (Wildman–Crippen MR) is 89.8 cm³/mol. The Hall–Kier alpha value is -2.05. The van der Waals surface area contributed by atoms with Gasteiger partial charge in [-0.3, -0.25) is 4.72 Å². The minimum Gasteiger partial charge on any atom is -0.478 e. The highest BCUT2D eigenvalue weighted by atomic mass is 35.5. The number of hydrogen-bond acceptors (Lipinski definition) is 3. The van der Waals surface area contributed by atoms with Crippen molar-refractivity contribution >= 4 is 33.3 Å². The van der Waals surface area contributed by atoms with Crippen LogP contribution < -0.4 is 4.72 Å². The Morgan fingerprint density at radius 2 is 1.83 bits per heavy atom. The van der Waals surface area contributed by atoms with Gasteiger partial charge in [0.15, 0.2) is 0 Å². The number of nitrogens with one attached hydrogen (secondary N) is 1. The van der Waals surface area contributed by atoms with Crippen LogP contribution >= 0.6 is 11.6 Å². The molecule has 0 aliphatic rings. The van der Waals surface area contributed by atoms with Crippen LogP contribution in [0.15, 0.2) is 47.4 Å². The van der Waals surface area contributed by atoms with Gasteiger partial charge >= 0.3 is 5.97 Å². The van der Waals surface area contributed by atoms with Gasteiger partial charge in [0.1, 0.15) is 0 Å². The van der Waals surface area contributed by atoms with Crippen molar-refractivity contribution in [2.45, 2.75) is 24.7 Å². The van der Waals surface area contributed by atoms with E-state index in [4.69, 9.17) is 16.7 Å². The van der Waals surface area contributed by atoms with E-state index in [1.807, 2.05) is 13.8 Å². The molecular weight excluding hydrogens is 338 g/mol. The molecule has 7 heteroatoms. The number of para-hydroxylation sites is 1. The molecule has 0 heterocycles. The van der Waals surface area contributed by atoms with Crippen molar-refractivity contribution in [2.24, 2.45) is 0 Å². The zero-order chi connectivity index (χ0) is 17.2. The number of carbonyl (C=O) groups is 1. The molecule has 122 valence electrons. The van der Waals surface area contributed by atoms with Gasteiger partial charge in [-0.05, 0) is 35.7 Å². The van der Waals surface area contributed by atoms with Gasteiger partial charge in [0, 0.05) is 0 Å². The Morgan fingerprint density at radius 3 is 2.39 bits per heavy atom. The topological polar surface area (TPSA) is 83.5 Å². The van der Waals surface area contributed by atoms with Gasteiger partial charge in [0.05, 0.1) is 21.2 Å². The molecule has 5 nitrogen and oxygen atoms in total. The van der Waals surface area contributed by atoms with Crippen LogP contribution in [-0.4, -0.2) is 19.5 Å². The Balaban J connectivity index is 2.56. The third-order valence-corrected chi connectivity index (χ3v) is 5.04. The first-order chi connectivity index (χ1) is 10.7. The van der Waals surface area contributed by atoms with Crippen LogP contribution in [0.4, 0.5) is 5.69 Å². The average Bonchev–Trinajstić information content (AvgIpc) is 2.48.